The molecule has 3 aromatic rings. The molecule has 0 bridgehead atoms. The molecule has 1 aromatic carbocycles. The van der Waals surface area contributed by atoms with Crippen LogP contribution in [0.4, 0.5) is 5.82 Å². The van der Waals surface area contributed by atoms with Crippen molar-refractivity contribution in [3.05, 3.63) is 60.1 Å². The molecule has 1 aliphatic heterocycles. The molecule has 6 nitrogen and oxygen atoms in total. The highest BCUT2D eigenvalue weighted by Crippen LogP contribution is 2.18. The highest BCUT2D eigenvalue weighted by Gasteiger charge is 2.20. The van der Waals surface area contributed by atoms with Crippen LogP contribution >= 0.6 is 0 Å². The molecule has 0 aliphatic carbocycles. The largest absolute Gasteiger partial charge is 0.354 e. The van der Waals surface area contributed by atoms with Crippen molar-refractivity contribution in [1.29, 1.82) is 0 Å². The average Bonchev–Trinajstić information content (AvgIpc) is 3.12. The van der Waals surface area contributed by atoms with Gasteiger partial charge in [-0.05, 0) is 25.1 Å². The van der Waals surface area contributed by atoms with Gasteiger partial charge < -0.3 is 9.42 Å². The summed E-state index contributed by atoms with van der Waals surface area (Å²) in [5, 5.41) is 4.12. The van der Waals surface area contributed by atoms with Crippen molar-refractivity contribution in [2.75, 3.05) is 31.1 Å². The van der Waals surface area contributed by atoms with Gasteiger partial charge in [0.25, 0.3) is 0 Å². The number of benzene rings is 1. The summed E-state index contributed by atoms with van der Waals surface area (Å²) >= 11 is 0. The van der Waals surface area contributed by atoms with E-state index in [1.54, 1.807) is 0 Å². The number of aryl methyl sites for hydroxylation is 1. The van der Waals surface area contributed by atoms with Crippen LogP contribution in [0.5, 0.6) is 0 Å². The quantitative estimate of drug-likeness (QED) is 0.731. The minimum absolute atomic E-state index is 0.658. The van der Waals surface area contributed by atoms with Crippen molar-refractivity contribution in [2.24, 2.45) is 0 Å². The number of pyridine rings is 1. The molecule has 3 heterocycles. The molecule has 6 heteroatoms. The lowest BCUT2D eigenvalue weighted by atomic mass is 10.1. The first-order valence-electron chi connectivity index (χ1n) is 8.56. The third-order valence-electron chi connectivity index (χ3n) is 4.45. The van der Waals surface area contributed by atoms with Crippen LogP contribution in [0.3, 0.4) is 0 Å². The Labute approximate surface area is 147 Å². The first kappa shape index (κ1) is 15.8. The topological polar surface area (TPSA) is 58.3 Å². The maximum Gasteiger partial charge on any atom is 0.241 e. The molecule has 1 fully saturated rings. The Morgan fingerprint density at radius 2 is 1.92 bits per heavy atom. The van der Waals surface area contributed by atoms with Gasteiger partial charge in [0.2, 0.25) is 11.7 Å². The van der Waals surface area contributed by atoms with E-state index < -0.39 is 0 Å². The first-order chi connectivity index (χ1) is 12.3. The van der Waals surface area contributed by atoms with Gasteiger partial charge >= 0.3 is 0 Å². The molecular formula is C19H21N5O. The summed E-state index contributed by atoms with van der Waals surface area (Å²) in [6.07, 6.45) is 1.84. The second-order valence-electron chi connectivity index (χ2n) is 6.33. The first-order valence-corrected chi connectivity index (χ1v) is 8.56. The summed E-state index contributed by atoms with van der Waals surface area (Å²) < 4.78 is 5.44. The second-order valence-corrected chi connectivity index (χ2v) is 6.33. The summed E-state index contributed by atoms with van der Waals surface area (Å²) in [5.74, 6) is 2.37. The Kier molecular flexibility index (Phi) is 4.43. The third kappa shape index (κ3) is 3.69. The van der Waals surface area contributed by atoms with E-state index in [0.717, 1.165) is 37.6 Å². The summed E-state index contributed by atoms with van der Waals surface area (Å²) in [7, 11) is 0. The van der Waals surface area contributed by atoms with Crippen molar-refractivity contribution in [2.45, 2.75) is 13.5 Å². The Morgan fingerprint density at radius 3 is 2.68 bits per heavy atom. The van der Waals surface area contributed by atoms with Crippen LogP contribution < -0.4 is 4.90 Å². The van der Waals surface area contributed by atoms with E-state index in [1.807, 2.05) is 30.5 Å². The molecule has 0 spiro atoms. The van der Waals surface area contributed by atoms with Crippen molar-refractivity contribution in [1.82, 2.24) is 20.0 Å². The zero-order chi connectivity index (χ0) is 17.1. The van der Waals surface area contributed by atoms with Gasteiger partial charge in [0.15, 0.2) is 0 Å². The molecule has 0 unspecified atom stereocenters. The average molecular weight is 335 g/mol. The summed E-state index contributed by atoms with van der Waals surface area (Å²) in [5.41, 5.74) is 2.18. The van der Waals surface area contributed by atoms with Gasteiger partial charge in [-0.2, -0.15) is 4.98 Å². The lowest BCUT2D eigenvalue weighted by Gasteiger charge is -2.34. The smallest absolute Gasteiger partial charge is 0.241 e. The molecule has 0 saturated carbocycles. The van der Waals surface area contributed by atoms with Crippen molar-refractivity contribution in [3.63, 3.8) is 0 Å². The van der Waals surface area contributed by atoms with E-state index in [0.29, 0.717) is 18.3 Å². The van der Waals surface area contributed by atoms with Crippen LogP contribution in [0.1, 0.15) is 11.5 Å². The number of aromatic nitrogens is 3. The van der Waals surface area contributed by atoms with Gasteiger partial charge in [-0.15, -0.1) is 0 Å². The second kappa shape index (κ2) is 7.03. The minimum atomic E-state index is 0.658. The highest BCUT2D eigenvalue weighted by atomic mass is 16.5. The molecule has 4 rings (SSSR count). The van der Waals surface area contributed by atoms with Gasteiger partial charge in [0, 0.05) is 37.9 Å². The molecule has 128 valence electrons. The fourth-order valence-electron chi connectivity index (χ4n) is 3.09. The van der Waals surface area contributed by atoms with E-state index >= 15 is 0 Å². The fourth-order valence-corrected chi connectivity index (χ4v) is 3.09. The van der Waals surface area contributed by atoms with E-state index in [2.05, 4.69) is 50.0 Å². The number of piperazine rings is 1. The SMILES string of the molecule is Cc1cccc(-c2noc(CN3CCN(c4ccccn4)CC3)n2)c1. The number of hydrogen-bond acceptors (Lipinski definition) is 6. The number of nitrogens with zero attached hydrogens (tertiary/aromatic N) is 5. The number of rotatable bonds is 4. The Morgan fingerprint density at radius 1 is 1.04 bits per heavy atom. The third-order valence-corrected chi connectivity index (χ3v) is 4.45. The maximum atomic E-state index is 5.44. The van der Waals surface area contributed by atoms with Crippen molar-refractivity contribution >= 4 is 5.82 Å². The summed E-state index contributed by atoms with van der Waals surface area (Å²) in [6, 6.07) is 14.2. The Balaban J connectivity index is 1.36. The van der Waals surface area contributed by atoms with Crippen molar-refractivity contribution in [3.8, 4) is 11.4 Å². The lowest BCUT2D eigenvalue weighted by Crippen LogP contribution is -2.46. The monoisotopic (exact) mass is 335 g/mol. The molecule has 2 aromatic heterocycles. The van der Waals surface area contributed by atoms with Gasteiger partial charge in [-0.25, -0.2) is 4.98 Å². The van der Waals surface area contributed by atoms with Crippen molar-refractivity contribution < 1.29 is 4.52 Å². The molecule has 1 saturated heterocycles. The maximum absolute atomic E-state index is 5.44. The van der Waals surface area contributed by atoms with E-state index in [1.165, 1.54) is 5.56 Å². The zero-order valence-corrected chi connectivity index (χ0v) is 14.3. The molecular weight excluding hydrogens is 314 g/mol. The predicted molar refractivity (Wildman–Crippen MR) is 96.2 cm³/mol. The number of hydrogen-bond donors (Lipinski definition) is 0. The molecule has 0 atom stereocenters. The zero-order valence-electron chi connectivity index (χ0n) is 14.3. The van der Waals surface area contributed by atoms with E-state index in [4.69, 9.17) is 4.52 Å². The van der Waals surface area contributed by atoms with Crippen LogP contribution in [0, 0.1) is 6.92 Å². The summed E-state index contributed by atoms with van der Waals surface area (Å²) in [6.45, 7) is 6.57. The Bertz CT molecular complexity index is 825. The minimum Gasteiger partial charge on any atom is -0.354 e. The standard InChI is InChI=1S/C19H21N5O/c1-15-5-4-6-16(13-15)19-21-18(25-22-19)14-23-9-11-24(12-10-23)17-7-2-3-8-20-17/h2-8,13H,9-12,14H2,1H3. The molecule has 25 heavy (non-hydrogen) atoms. The van der Waals surface area contributed by atoms with Crippen LogP contribution in [-0.4, -0.2) is 46.2 Å². The summed E-state index contributed by atoms with van der Waals surface area (Å²) in [4.78, 5) is 13.6. The van der Waals surface area contributed by atoms with Gasteiger partial charge in [-0.3, -0.25) is 4.90 Å². The molecule has 0 N–H and O–H groups in total. The van der Waals surface area contributed by atoms with E-state index in [9.17, 15) is 0 Å². The van der Waals surface area contributed by atoms with Crippen LogP contribution in [0.25, 0.3) is 11.4 Å². The van der Waals surface area contributed by atoms with E-state index in [-0.39, 0.29) is 0 Å². The van der Waals surface area contributed by atoms with Crippen LogP contribution in [0.2, 0.25) is 0 Å². The lowest BCUT2D eigenvalue weighted by molar-refractivity contribution is 0.215. The molecule has 1 aliphatic rings. The fraction of sp³-hybridized carbons (Fsp3) is 0.316. The number of anilines is 1. The Hall–Kier alpha value is -2.73. The van der Waals surface area contributed by atoms with Gasteiger partial charge in [0.05, 0.1) is 6.54 Å². The van der Waals surface area contributed by atoms with Crippen LogP contribution in [-0.2, 0) is 6.54 Å². The van der Waals surface area contributed by atoms with Gasteiger partial charge in [-0.1, -0.05) is 35.0 Å². The highest BCUT2D eigenvalue weighted by molar-refractivity contribution is 5.55. The predicted octanol–water partition coefficient (Wildman–Crippen LogP) is 2.76. The molecule has 0 radical (unpaired) electrons. The normalized spacial score (nSPS) is 15.5. The molecule has 0 amide bonds. The van der Waals surface area contributed by atoms with Gasteiger partial charge in [0.1, 0.15) is 5.82 Å². The van der Waals surface area contributed by atoms with Crippen LogP contribution in [0.15, 0.2) is 53.2 Å².